The molecule has 0 amide bonds. The summed E-state index contributed by atoms with van der Waals surface area (Å²) in [6.07, 6.45) is 3.53. The predicted molar refractivity (Wildman–Crippen MR) is 87.7 cm³/mol. The van der Waals surface area contributed by atoms with Gasteiger partial charge in [-0.1, -0.05) is 18.6 Å². The van der Waals surface area contributed by atoms with Crippen LogP contribution in [0.15, 0.2) is 18.2 Å². The Morgan fingerprint density at radius 3 is 2.52 bits per heavy atom. The van der Waals surface area contributed by atoms with Gasteiger partial charge in [0.1, 0.15) is 5.69 Å². The molecule has 0 unspecified atom stereocenters. The van der Waals surface area contributed by atoms with Crippen LogP contribution in [0.25, 0.3) is 5.69 Å². The van der Waals surface area contributed by atoms with Gasteiger partial charge < -0.3 is 9.47 Å². The number of carbonyl (C=O) groups is 1. The fourth-order valence-corrected chi connectivity index (χ4v) is 2.36. The Labute approximate surface area is 136 Å². The van der Waals surface area contributed by atoms with Crippen LogP contribution in [-0.2, 0) is 6.42 Å². The standard InChI is InChI=1S/C17H23N3O3/c1-4-7-8-15-14(12-21)18-19-20(15)13-9-10-16(22-5-2)17(11-13)23-6-3/h9-12H,4-8H2,1-3H3. The van der Waals surface area contributed by atoms with Crippen molar-refractivity contribution in [2.45, 2.75) is 40.0 Å². The van der Waals surface area contributed by atoms with Crippen LogP contribution in [0.5, 0.6) is 11.5 Å². The van der Waals surface area contributed by atoms with Gasteiger partial charge >= 0.3 is 0 Å². The van der Waals surface area contributed by atoms with Crippen LogP contribution < -0.4 is 9.47 Å². The molecular formula is C17H23N3O3. The van der Waals surface area contributed by atoms with Crippen molar-refractivity contribution in [1.29, 1.82) is 0 Å². The average molecular weight is 317 g/mol. The fourth-order valence-electron chi connectivity index (χ4n) is 2.36. The molecule has 0 radical (unpaired) electrons. The molecule has 124 valence electrons. The van der Waals surface area contributed by atoms with Crippen LogP contribution in [0.4, 0.5) is 0 Å². The van der Waals surface area contributed by atoms with Crippen molar-refractivity contribution in [3.05, 3.63) is 29.6 Å². The van der Waals surface area contributed by atoms with Gasteiger partial charge in [0, 0.05) is 6.07 Å². The Balaban J connectivity index is 2.43. The number of hydrogen-bond acceptors (Lipinski definition) is 5. The Kier molecular flexibility index (Phi) is 6.14. The molecule has 0 aliphatic rings. The van der Waals surface area contributed by atoms with Gasteiger partial charge in [-0.25, -0.2) is 4.68 Å². The maximum absolute atomic E-state index is 11.2. The van der Waals surface area contributed by atoms with Crippen LogP contribution in [0, 0.1) is 0 Å². The van der Waals surface area contributed by atoms with E-state index in [9.17, 15) is 4.79 Å². The van der Waals surface area contributed by atoms with E-state index in [-0.39, 0.29) is 0 Å². The monoisotopic (exact) mass is 317 g/mol. The molecular weight excluding hydrogens is 294 g/mol. The van der Waals surface area contributed by atoms with Crippen molar-refractivity contribution < 1.29 is 14.3 Å². The van der Waals surface area contributed by atoms with Gasteiger partial charge in [0.25, 0.3) is 0 Å². The molecule has 0 spiro atoms. The van der Waals surface area contributed by atoms with Crippen LogP contribution in [0.1, 0.15) is 49.8 Å². The first-order valence-electron chi connectivity index (χ1n) is 8.04. The summed E-state index contributed by atoms with van der Waals surface area (Å²) in [4.78, 5) is 11.2. The number of aromatic nitrogens is 3. The number of hydrogen-bond donors (Lipinski definition) is 0. The second-order valence-electron chi connectivity index (χ2n) is 5.05. The molecule has 0 saturated carbocycles. The summed E-state index contributed by atoms with van der Waals surface area (Å²) in [5.74, 6) is 1.36. The van der Waals surface area contributed by atoms with Crippen molar-refractivity contribution in [2.24, 2.45) is 0 Å². The normalized spacial score (nSPS) is 10.6. The molecule has 0 atom stereocenters. The van der Waals surface area contributed by atoms with E-state index in [1.54, 1.807) is 4.68 Å². The molecule has 2 rings (SSSR count). The van der Waals surface area contributed by atoms with E-state index >= 15 is 0 Å². The minimum absolute atomic E-state index is 0.394. The SMILES string of the molecule is CCCCc1c(C=O)nnn1-c1ccc(OCC)c(OCC)c1. The predicted octanol–water partition coefficient (Wildman–Crippen LogP) is 3.22. The highest BCUT2D eigenvalue weighted by Crippen LogP contribution is 2.30. The number of aldehydes is 1. The van der Waals surface area contributed by atoms with E-state index in [0.717, 1.165) is 36.9 Å². The zero-order valence-electron chi connectivity index (χ0n) is 13.9. The van der Waals surface area contributed by atoms with Crippen molar-refractivity contribution in [2.75, 3.05) is 13.2 Å². The van der Waals surface area contributed by atoms with Crippen LogP contribution in [0.2, 0.25) is 0 Å². The smallest absolute Gasteiger partial charge is 0.172 e. The second kappa shape index (κ2) is 8.31. The molecule has 0 N–H and O–H groups in total. The molecule has 1 aromatic carbocycles. The molecule has 0 saturated heterocycles. The van der Waals surface area contributed by atoms with Gasteiger partial charge in [0.05, 0.1) is 24.6 Å². The Morgan fingerprint density at radius 1 is 1.13 bits per heavy atom. The second-order valence-corrected chi connectivity index (χ2v) is 5.05. The Hall–Kier alpha value is -2.37. The Morgan fingerprint density at radius 2 is 1.87 bits per heavy atom. The van der Waals surface area contributed by atoms with Crippen molar-refractivity contribution in [3.8, 4) is 17.2 Å². The van der Waals surface area contributed by atoms with Crippen molar-refractivity contribution in [3.63, 3.8) is 0 Å². The van der Waals surface area contributed by atoms with E-state index in [1.165, 1.54) is 0 Å². The summed E-state index contributed by atoms with van der Waals surface area (Å²) in [6, 6.07) is 5.62. The third-order valence-electron chi connectivity index (χ3n) is 3.44. The summed E-state index contributed by atoms with van der Waals surface area (Å²) in [5, 5.41) is 8.10. The third kappa shape index (κ3) is 3.88. The van der Waals surface area contributed by atoms with E-state index in [4.69, 9.17) is 9.47 Å². The van der Waals surface area contributed by atoms with Gasteiger partial charge in [0.15, 0.2) is 17.8 Å². The molecule has 1 aromatic heterocycles. The van der Waals surface area contributed by atoms with Gasteiger partial charge in [-0.3, -0.25) is 4.79 Å². The lowest BCUT2D eigenvalue weighted by Crippen LogP contribution is -2.05. The number of unbranched alkanes of at least 4 members (excludes halogenated alkanes) is 1. The third-order valence-corrected chi connectivity index (χ3v) is 3.44. The number of benzene rings is 1. The van der Waals surface area contributed by atoms with Crippen molar-refractivity contribution >= 4 is 6.29 Å². The topological polar surface area (TPSA) is 66.2 Å². The zero-order valence-corrected chi connectivity index (χ0v) is 13.9. The maximum Gasteiger partial charge on any atom is 0.172 e. The molecule has 6 heteroatoms. The molecule has 0 fully saturated rings. The highest BCUT2D eigenvalue weighted by molar-refractivity contribution is 5.73. The molecule has 6 nitrogen and oxygen atoms in total. The molecule has 0 aliphatic carbocycles. The lowest BCUT2D eigenvalue weighted by molar-refractivity contribution is 0.111. The van der Waals surface area contributed by atoms with Gasteiger partial charge in [-0.15, -0.1) is 5.10 Å². The lowest BCUT2D eigenvalue weighted by Gasteiger charge is -2.13. The van der Waals surface area contributed by atoms with E-state index in [2.05, 4.69) is 17.2 Å². The van der Waals surface area contributed by atoms with E-state index < -0.39 is 0 Å². The molecule has 1 heterocycles. The fraction of sp³-hybridized carbons (Fsp3) is 0.471. The van der Waals surface area contributed by atoms with Crippen LogP contribution in [0.3, 0.4) is 0 Å². The average Bonchev–Trinajstić information content (AvgIpc) is 2.97. The number of carbonyl (C=O) groups excluding carboxylic acids is 1. The minimum atomic E-state index is 0.394. The molecule has 0 bridgehead atoms. The van der Waals surface area contributed by atoms with Crippen LogP contribution in [-0.4, -0.2) is 34.5 Å². The van der Waals surface area contributed by atoms with Gasteiger partial charge in [0.2, 0.25) is 0 Å². The van der Waals surface area contributed by atoms with Gasteiger partial charge in [-0.05, 0) is 38.8 Å². The first-order chi connectivity index (χ1) is 11.2. The highest BCUT2D eigenvalue weighted by Gasteiger charge is 2.15. The van der Waals surface area contributed by atoms with E-state index in [0.29, 0.717) is 30.4 Å². The quantitative estimate of drug-likeness (QED) is 0.664. The number of rotatable bonds is 9. The summed E-state index contributed by atoms with van der Waals surface area (Å²) in [5.41, 5.74) is 2.03. The number of ether oxygens (including phenoxy) is 2. The summed E-state index contributed by atoms with van der Waals surface area (Å²) in [7, 11) is 0. The first-order valence-corrected chi connectivity index (χ1v) is 8.04. The lowest BCUT2D eigenvalue weighted by atomic mass is 10.1. The molecule has 23 heavy (non-hydrogen) atoms. The largest absolute Gasteiger partial charge is 0.490 e. The summed E-state index contributed by atoms with van der Waals surface area (Å²) in [6.45, 7) is 7.08. The first kappa shape index (κ1) is 17.0. The van der Waals surface area contributed by atoms with Crippen molar-refractivity contribution in [1.82, 2.24) is 15.0 Å². The summed E-state index contributed by atoms with van der Waals surface area (Å²) < 4.78 is 12.9. The highest BCUT2D eigenvalue weighted by atomic mass is 16.5. The minimum Gasteiger partial charge on any atom is -0.490 e. The molecule has 0 aliphatic heterocycles. The van der Waals surface area contributed by atoms with E-state index in [1.807, 2.05) is 32.0 Å². The number of nitrogens with zero attached hydrogens (tertiary/aromatic N) is 3. The molecule has 2 aromatic rings. The van der Waals surface area contributed by atoms with Crippen LogP contribution >= 0.6 is 0 Å². The maximum atomic E-state index is 11.2. The zero-order chi connectivity index (χ0) is 16.7. The summed E-state index contributed by atoms with van der Waals surface area (Å²) >= 11 is 0. The van der Waals surface area contributed by atoms with Gasteiger partial charge in [-0.2, -0.15) is 0 Å². The Bertz CT molecular complexity index is 653.